The van der Waals surface area contributed by atoms with Crippen LogP contribution in [0.5, 0.6) is 0 Å². The van der Waals surface area contributed by atoms with Crippen LogP contribution in [0.1, 0.15) is 31.5 Å². The molecule has 4 rings (SSSR count). The molecule has 0 spiro atoms. The van der Waals surface area contributed by atoms with Crippen molar-refractivity contribution in [1.82, 2.24) is 9.78 Å². The van der Waals surface area contributed by atoms with Crippen molar-refractivity contribution < 1.29 is 13.5 Å². The van der Waals surface area contributed by atoms with Crippen molar-refractivity contribution in [3.8, 4) is 16.9 Å². The molecule has 2 N–H and O–H groups in total. The van der Waals surface area contributed by atoms with E-state index in [1.165, 1.54) is 0 Å². The van der Waals surface area contributed by atoms with Crippen molar-refractivity contribution >= 4 is 38.7 Å². The number of aromatic nitrogens is 2. The monoisotopic (exact) mass is 493 g/mol. The minimum Gasteiger partial charge on any atom is -0.384 e. The lowest BCUT2D eigenvalue weighted by Gasteiger charge is -2.16. The molecule has 0 bridgehead atoms. The van der Waals surface area contributed by atoms with E-state index in [-0.39, 0.29) is 17.5 Å². The second kappa shape index (κ2) is 8.37. The van der Waals surface area contributed by atoms with Gasteiger partial charge < -0.3 is 10.4 Å². The van der Waals surface area contributed by atoms with Gasteiger partial charge in [-0.3, -0.25) is 0 Å². The first-order chi connectivity index (χ1) is 14.9. The van der Waals surface area contributed by atoms with Crippen LogP contribution in [-0.4, -0.2) is 40.9 Å². The molecule has 0 aliphatic carbocycles. The van der Waals surface area contributed by atoms with Gasteiger partial charge in [0, 0.05) is 17.3 Å². The summed E-state index contributed by atoms with van der Waals surface area (Å²) < 4.78 is 25.2. The number of halogens is 2. The fourth-order valence-corrected chi connectivity index (χ4v) is 6.15. The highest BCUT2D eigenvalue weighted by Crippen LogP contribution is 2.36. The van der Waals surface area contributed by atoms with Crippen molar-refractivity contribution in [1.29, 1.82) is 0 Å². The highest BCUT2D eigenvalue weighted by molar-refractivity contribution is 7.91. The maximum Gasteiger partial charge on any atom is 0.152 e. The lowest BCUT2D eigenvalue weighted by molar-refractivity contribution is 0.0734. The van der Waals surface area contributed by atoms with E-state index in [2.05, 4.69) is 10.4 Å². The fourth-order valence-electron chi connectivity index (χ4n) is 3.92. The minimum atomic E-state index is -2.96. The lowest BCUT2D eigenvalue weighted by atomic mass is 10.0. The predicted molar refractivity (Wildman–Crippen MR) is 130 cm³/mol. The van der Waals surface area contributed by atoms with Gasteiger partial charge in [0.05, 0.1) is 32.9 Å². The van der Waals surface area contributed by atoms with E-state index < -0.39 is 15.4 Å². The standard InChI is InChI=1S/C23H25Cl2N3O3S/c1-14-11-15(26-16-9-10-32(30,31)13-16)7-8-17(14)20-12-21(23(2,3)29)27-28(20)22-18(24)5-4-6-19(22)25/h4-8,11-12,16,26,29H,9-10,13H2,1-3H3. The zero-order valence-electron chi connectivity index (χ0n) is 18.1. The number of aliphatic hydroxyl groups is 1. The number of rotatable bonds is 5. The number of para-hydroxylation sites is 1. The van der Waals surface area contributed by atoms with E-state index in [4.69, 9.17) is 23.2 Å². The Bertz CT molecular complexity index is 1260. The van der Waals surface area contributed by atoms with Crippen molar-refractivity contribution in [3.63, 3.8) is 0 Å². The first-order valence-electron chi connectivity index (χ1n) is 10.3. The zero-order chi connectivity index (χ0) is 23.3. The van der Waals surface area contributed by atoms with E-state index in [1.807, 2.05) is 31.2 Å². The quantitative estimate of drug-likeness (QED) is 0.523. The normalized spacial score (nSPS) is 18.1. The molecule has 1 aromatic heterocycles. The summed E-state index contributed by atoms with van der Waals surface area (Å²) in [7, 11) is -2.96. The van der Waals surface area contributed by atoms with Crippen molar-refractivity contribution in [2.45, 2.75) is 38.8 Å². The summed E-state index contributed by atoms with van der Waals surface area (Å²) in [5.74, 6) is 0.375. The Labute approximate surface area is 198 Å². The highest BCUT2D eigenvalue weighted by Gasteiger charge is 2.28. The third-order valence-electron chi connectivity index (χ3n) is 5.59. The SMILES string of the molecule is Cc1cc(NC2CCS(=O)(=O)C2)ccc1-c1cc(C(C)(C)O)nn1-c1c(Cl)cccc1Cl. The zero-order valence-corrected chi connectivity index (χ0v) is 20.4. The molecule has 0 radical (unpaired) electrons. The summed E-state index contributed by atoms with van der Waals surface area (Å²) in [6.07, 6.45) is 0.607. The number of nitrogens with one attached hydrogen (secondary N) is 1. The van der Waals surface area contributed by atoms with Crippen LogP contribution >= 0.6 is 23.2 Å². The van der Waals surface area contributed by atoms with E-state index in [0.717, 1.165) is 22.5 Å². The van der Waals surface area contributed by atoms with Crippen molar-refractivity contribution in [3.05, 3.63) is 63.8 Å². The smallest absolute Gasteiger partial charge is 0.152 e. The molecule has 1 aliphatic heterocycles. The van der Waals surface area contributed by atoms with Gasteiger partial charge in [-0.25, -0.2) is 13.1 Å². The molecule has 2 heterocycles. The Kier molecular flexibility index (Phi) is 6.05. The summed E-state index contributed by atoms with van der Waals surface area (Å²) in [6, 6.07) is 12.9. The maximum absolute atomic E-state index is 11.8. The lowest BCUT2D eigenvalue weighted by Crippen LogP contribution is -2.20. The average molecular weight is 494 g/mol. The van der Waals surface area contributed by atoms with Crippen LogP contribution in [0.3, 0.4) is 0 Å². The second-order valence-electron chi connectivity index (χ2n) is 8.73. The Morgan fingerprint density at radius 3 is 2.41 bits per heavy atom. The molecule has 1 fully saturated rings. The van der Waals surface area contributed by atoms with Crippen LogP contribution in [0.2, 0.25) is 10.0 Å². The largest absolute Gasteiger partial charge is 0.384 e. The third kappa shape index (κ3) is 4.66. The number of hydrogen-bond donors (Lipinski definition) is 2. The Morgan fingerprint density at radius 2 is 1.84 bits per heavy atom. The molecule has 1 unspecified atom stereocenters. The molecule has 1 atom stereocenters. The Hall–Kier alpha value is -2.06. The van der Waals surface area contributed by atoms with Gasteiger partial charge in [0.15, 0.2) is 9.84 Å². The van der Waals surface area contributed by atoms with Crippen LogP contribution in [0, 0.1) is 6.92 Å². The van der Waals surface area contributed by atoms with Crippen LogP contribution in [-0.2, 0) is 15.4 Å². The summed E-state index contributed by atoms with van der Waals surface area (Å²) >= 11 is 12.9. The van der Waals surface area contributed by atoms with Gasteiger partial charge in [-0.15, -0.1) is 0 Å². The highest BCUT2D eigenvalue weighted by atomic mass is 35.5. The average Bonchev–Trinajstić information content (AvgIpc) is 3.25. The summed E-state index contributed by atoms with van der Waals surface area (Å²) in [4.78, 5) is 0. The van der Waals surface area contributed by atoms with Crippen molar-refractivity contribution in [2.24, 2.45) is 0 Å². The number of nitrogens with zero attached hydrogens (tertiary/aromatic N) is 2. The summed E-state index contributed by atoms with van der Waals surface area (Å²) in [5.41, 5.74) is 3.33. The third-order valence-corrected chi connectivity index (χ3v) is 7.97. The molecule has 9 heteroatoms. The molecule has 32 heavy (non-hydrogen) atoms. The molecule has 1 saturated heterocycles. The van der Waals surface area contributed by atoms with Crippen LogP contribution in [0.15, 0.2) is 42.5 Å². The van der Waals surface area contributed by atoms with Gasteiger partial charge in [0.2, 0.25) is 0 Å². The van der Waals surface area contributed by atoms with Crippen LogP contribution < -0.4 is 5.32 Å². The molecule has 0 amide bonds. The Morgan fingerprint density at radius 1 is 1.16 bits per heavy atom. The molecule has 170 valence electrons. The van der Waals surface area contributed by atoms with E-state index >= 15 is 0 Å². The van der Waals surface area contributed by atoms with Gasteiger partial charge in [-0.2, -0.15) is 5.10 Å². The number of benzene rings is 2. The van der Waals surface area contributed by atoms with Gasteiger partial charge in [0.25, 0.3) is 0 Å². The van der Waals surface area contributed by atoms with E-state index in [9.17, 15) is 13.5 Å². The van der Waals surface area contributed by atoms with Gasteiger partial charge in [-0.1, -0.05) is 35.3 Å². The number of hydrogen-bond acceptors (Lipinski definition) is 5. The number of anilines is 1. The molecule has 3 aromatic rings. The number of aryl methyl sites for hydroxylation is 1. The second-order valence-corrected chi connectivity index (χ2v) is 11.8. The Balaban J connectivity index is 1.77. The van der Waals surface area contributed by atoms with Gasteiger partial charge in [-0.05, 0) is 63.1 Å². The first kappa shape index (κ1) is 23.1. The van der Waals surface area contributed by atoms with Crippen LogP contribution in [0.4, 0.5) is 5.69 Å². The molecular weight excluding hydrogens is 469 g/mol. The first-order valence-corrected chi connectivity index (χ1v) is 12.9. The molecule has 1 aliphatic rings. The summed E-state index contributed by atoms with van der Waals surface area (Å²) in [5, 5.41) is 19.4. The van der Waals surface area contributed by atoms with Crippen LogP contribution in [0.25, 0.3) is 16.9 Å². The topological polar surface area (TPSA) is 84.2 Å². The van der Waals surface area contributed by atoms with E-state index in [0.29, 0.717) is 27.8 Å². The maximum atomic E-state index is 11.8. The van der Waals surface area contributed by atoms with Gasteiger partial charge in [0.1, 0.15) is 11.3 Å². The molecular formula is C23H25Cl2N3O3S. The molecule has 0 saturated carbocycles. The fraction of sp³-hybridized carbons (Fsp3) is 0.348. The predicted octanol–water partition coefficient (Wildman–Crippen LogP) is 4.98. The van der Waals surface area contributed by atoms with E-state index in [1.54, 1.807) is 36.7 Å². The van der Waals surface area contributed by atoms with Gasteiger partial charge >= 0.3 is 0 Å². The minimum absolute atomic E-state index is 0.0838. The molecule has 2 aromatic carbocycles. The number of sulfone groups is 1. The molecule has 6 nitrogen and oxygen atoms in total. The summed E-state index contributed by atoms with van der Waals surface area (Å²) in [6.45, 7) is 5.32. The van der Waals surface area contributed by atoms with Crippen molar-refractivity contribution in [2.75, 3.05) is 16.8 Å².